The zero-order chi connectivity index (χ0) is 14.7. The average Bonchev–Trinajstić information content (AvgIpc) is 2.43. The molecule has 4 nitrogen and oxygen atoms in total. The van der Waals surface area contributed by atoms with Crippen molar-refractivity contribution < 1.29 is 4.79 Å². The second kappa shape index (κ2) is 5.76. The molecule has 0 unspecified atom stereocenters. The van der Waals surface area contributed by atoms with Gasteiger partial charge >= 0.3 is 0 Å². The average molecular weight is 330 g/mol. The van der Waals surface area contributed by atoms with Crippen LogP contribution in [0.4, 0.5) is 11.4 Å². The normalized spacial score (nSPS) is 9.85. The van der Waals surface area contributed by atoms with Gasteiger partial charge in [0.25, 0.3) is 5.91 Å². The Labute approximate surface area is 125 Å². The molecule has 100 valence electrons. The number of amides is 1. The molecule has 0 bridgehead atoms. The molecule has 20 heavy (non-hydrogen) atoms. The minimum Gasteiger partial charge on any atom is -0.398 e. The Hall–Kier alpha value is -2.32. The third-order valence-corrected chi connectivity index (χ3v) is 3.41. The van der Waals surface area contributed by atoms with Crippen molar-refractivity contribution in [2.45, 2.75) is 6.92 Å². The summed E-state index contributed by atoms with van der Waals surface area (Å²) in [6.07, 6.45) is 0. The van der Waals surface area contributed by atoms with Gasteiger partial charge in [-0.1, -0.05) is 28.1 Å². The Balaban J connectivity index is 2.33. The van der Waals surface area contributed by atoms with Crippen LogP contribution >= 0.6 is 15.9 Å². The van der Waals surface area contributed by atoms with E-state index in [1.165, 1.54) is 0 Å². The first kappa shape index (κ1) is 14.1. The molecule has 0 spiro atoms. The minimum absolute atomic E-state index is 0.329. The summed E-state index contributed by atoms with van der Waals surface area (Å²) >= 11 is 3.29. The van der Waals surface area contributed by atoms with E-state index in [2.05, 4.69) is 21.2 Å². The molecule has 0 fully saturated rings. The molecule has 0 aliphatic carbocycles. The number of hydrogen-bond donors (Lipinski definition) is 2. The van der Waals surface area contributed by atoms with Crippen molar-refractivity contribution in [3.63, 3.8) is 0 Å². The number of nitrogens with one attached hydrogen (secondary N) is 1. The van der Waals surface area contributed by atoms with Gasteiger partial charge in [0.2, 0.25) is 0 Å². The Morgan fingerprint density at radius 1 is 1.35 bits per heavy atom. The van der Waals surface area contributed by atoms with Crippen molar-refractivity contribution in [3.8, 4) is 6.07 Å². The van der Waals surface area contributed by atoms with E-state index >= 15 is 0 Å². The number of anilines is 2. The summed E-state index contributed by atoms with van der Waals surface area (Å²) in [4.78, 5) is 12.2. The maximum Gasteiger partial charge on any atom is 0.257 e. The highest BCUT2D eigenvalue weighted by molar-refractivity contribution is 9.10. The topological polar surface area (TPSA) is 78.9 Å². The molecule has 0 aliphatic heterocycles. The lowest BCUT2D eigenvalue weighted by molar-refractivity contribution is 0.102. The van der Waals surface area contributed by atoms with Gasteiger partial charge in [0.15, 0.2) is 0 Å². The number of nitrogens with two attached hydrogens (primary N) is 1. The van der Waals surface area contributed by atoms with Crippen LogP contribution in [-0.4, -0.2) is 5.91 Å². The SMILES string of the molecule is Cc1cccc(C(=O)Nc2ccc(Br)cc2C#N)c1N. The van der Waals surface area contributed by atoms with Gasteiger partial charge in [-0.05, 0) is 36.8 Å². The number of nitrogen functional groups attached to an aromatic ring is 1. The van der Waals surface area contributed by atoms with Crippen LogP contribution in [0.15, 0.2) is 40.9 Å². The fourth-order valence-electron chi connectivity index (χ4n) is 1.79. The summed E-state index contributed by atoms with van der Waals surface area (Å²) in [5.74, 6) is -0.329. The predicted octanol–water partition coefficient (Wildman–Crippen LogP) is 3.46. The van der Waals surface area contributed by atoms with Crippen LogP contribution in [0.3, 0.4) is 0 Å². The molecule has 2 aromatic rings. The van der Waals surface area contributed by atoms with E-state index in [4.69, 9.17) is 11.0 Å². The van der Waals surface area contributed by atoms with Crippen molar-refractivity contribution in [2.24, 2.45) is 0 Å². The monoisotopic (exact) mass is 329 g/mol. The van der Waals surface area contributed by atoms with Gasteiger partial charge in [-0.25, -0.2) is 0 Å². The summed E-state index contributed by atoms with van der Waals surface area (Å²) < 4.78 is 0.780. The van der Waals surface area contributed by atoms with Gasteiger partial charge in [-0.15, -0.1) is 0 Å². The van der Waals surface area contributed by atoms with Gasteiger partial charge in [-0.2, -0.15) is 5.26 Å². The fraction of sp³-hybridized carbons (Fsp3) is 0.0667. The lowest BCUT2D eigenvalue weighted by Crippen LogP contribution is -2.15. The Morgan fingerprint density at radius 2 is 2.10 bits per heavy atom. The number of rotatable bonds is 2. The van der Waals surface area contributed by atoms with Crippen LogP contribution in [0.25, 0.3) is 0 Å². The molecular weight excluding hydrogens is 318 g/mol. The van der Waals surface area contributed by atoms with Gasteiger partial charge < -0.3 is 11.1 Å². The predicted molar refractivity (Wildman–Crippen MR) is 82.4 cm³/mol. The molecule has 0 radical (unpaired) electrons. The Kier molecular flexibility index (Phi) is 4.06. The fourth-order valence-corrected chi connectivity index (χ4v) is 2.15. The van der Waals surface area contributed by atoms with E-state index in [-0.39, 0.29) is 5.91 Å². The van der Waals surface area contributed by atoms with Gasteiger partial charge in [0.1, 0.15) is 6.07 Å². The quantitative estimate of drug-likeness (QED) is 0.828. The lowest BCUT2D eigenvalue weighted by atomic mass is 10.1. The molecule has 1 amide bonds. The lowest BCUT2D eigenvalue weighted by Gasteiger charge is -2.10. The highest BCUT2D eigenvalue weighted by Gasteiger charge is 2.13. The number of nitrogens with zero attached hydrogens (tertiary/aromatic N) is 1. The molecule has 0 aliphatic rings. The Bertz CT molecular complexity index is 720. The maximum atomic E-state index is 12.2. The molecule has 5 heteroatoms. The van der Waals surface area contributed by atoms with E-state index < -0.39 is 0 Å². The highest BCUT2D eigenvalue weighted by atomic mass is 79.9. The number of carbonyl (C=O) groups excluding carboxylic acids is 1. The minimum atomic E-state index is -0.329. The molecule has 3 N–H and O–H groups in total. The van der Waals surface area contributed by atoms with E-state index in [9.17, 15) is 4.79 Å². The van der Waals surface area contributed by atoms with Crippen LogP contribution in [0.2, 0.25) is 0 Å². The third-order valence-electron chi connectivity index (χ3n) is 2.92. The number of carbonyl (C=O) groups is 1. The van der Waals surface area contributed by atoms with Crippen LogP contribution in [0, 0.1) is 18.3 Å². The number of aryl methyl sites for hydroxylation is 1. The first-order valence-electron chi connectivity index (χ1n) is 5.89. The molecule has 2 rings (SSSR count). The first-order valence-corrected chi connectivity index (χ1v) is 6.68. The van der Waals surface area contributed by atoms with E-state index in [0.29, 0.717) is 22.5 Å². The number of benzene rings is 2. The molecule has 0 saturated carbocycles. The molecule has 2 aromatic carbocycles. The molecular formula is C15H12BrN3O. The first-order chi connectivity index (χ1) is 9.52. The largest absolute Gasteiger partial charge is 0.398 e. The van der Waals surface area contributed by atoms with Crippen molar-refractivity contribution in [1.82, 2.24) is 0 Å². The zero-order valence-electron chi connectivity index (χ0n) is 10.8. The number of para-hydroxylation sites is 1. The number of halogens is 1. The molecule has 0 aromatic heterocycles. The summed E-state index contributed by atoms with van der Waals surface area (Å²) in [5.41, 5.74) is 8.43. The van der Waals surface area contributed by atoms with E-state index in [0.717, 1.165) is 10.0 Å². The van der Waals surface area contributed by atoms with Crippen molar-refractivity contribution >= 4 is 33.2 Å². The van der Waals surface area contributed by atoms with E-state index in [1.54, 1.807) is 30.3 Å². The third kappa shape index (κ3) is 2.81. The number of hydrogen-bond acceptors (Lipinski definition) is 3. The summed E-state index contributed by atoms with van der Waals surface area (Å²) in [5, 5.41) is 11.8. The smallest absolute Gasteiger partial charge is 0.257 e. The Morgan fingerprint density at radius 3 is 2.80 bits per heavy atom. The maximum absolute atomic E-state index is 12.2. The second-order valence-electron chi connectivity index (χ2n) is 4.29. The number of nitriles is 1. The van der Waals surface area contributed by atoms with Crippen molar-refractivity contribution in [1.29, 1.82) is 5.26 Å². The zero-order valence-corrected chi connectivity index (χ0v) is 12.4. The van der Waals surface area contributed by atoms with Gasteiger partial charge in [0, 0.05) is 10.2 Å². The summed E-state index contributed by atoms with van der Waals surface area (Å²) in [6, 6.07) is 12.4. The van der Waals surface area contributed by atoms with Crippen molar-refractivity contribution in [3.05, 3.63) is 57.6 Å². The van der Waals surface area contributed by atoms with Crippen LogP contribution in [-0.2, 0) is 0 Å². The second-order valence-corrected chi connectivity index (χ2v) is 5.21. The molecule has 0 atom stereocenters. The summed E-state index contributed by atoms with van der Waals surface area (Å²) in [7, 11) is 0. The molecule has 0 saturated heterocycles. The van der Waals surface area contributed by atoms with Gasteiger partial charge in [0.05, 0.1) is 16.8 Å². The van der Waals surface area contributed by atoms with E-state index in [1.807, 2.05) is 19.1 Å². The highest BCUT2D eigenvalue weighted by Crippen LogP contribution is 2.22. The van der Waals surface area contributed by atoms with Crippen LogP contribution < -0.4 is 11.1 Å². The van der Waals surface area contributed by atoms with Crippen LogP contribution in [0.5, 0.6) is 0 Å². The van der Waals surface area contributed by atoms with Gasteiger partial charge in [-0.3, -0.25) is 4.79 Å². The summed E-state index contributed by atoms with van der Waals surface area (Å²) in [6.45, 7) is 1.84. The molecule has 0 heterocycles. The van der Waals surface area contributed by atoms with Crippen LogP contribution in [0.1, 0.15) is 21.5 Å². The van der Waals surface area contributed by atoms with Crippen molar-refractivity contribution in [2.75, 3.05) is 11.1 Å². The standard InChI is InChI=1S/C15H12BrN3O/c1-9-3-2-4-12(14(9)18)15(20)19-13-6-5-11(16)7-10(13)8-17/h2-7H,18H2,1H3,(H,19,20).